The molecule has 96 valence electrons. The first kappa shape index (κ1) is 13.6. The second-order valence-electron chi connectivity index (χ2n) is 4.23. The Morgan fingerprint density at radius 2 is 1.94 bits per heavy atom. The molecule has 1 heterocycles. The monoisotopic (exact) mass is 324 g/mol. The number of ether oxygens (including phenoxy) is 1. The van der Waals surface area contributed by atoms with Crippen LogP contribution in [0.2, 0.25) is 0 Å². The average Bonchev–Trinajstić information content (AvgIpc) is 2.81. The van der Waals surface area contributed by atoms with Crippen LogP contribution in [0.4, 0.5) is 0 Å². The van der Waals surface area contributed by atoms with Gasteiger partial charge in [-0.25, -0.2) is 0 Å². The quantitative estimate of drug-likeness (QED) is 0.688. The number of halogens is 1. The Morgan fingerprint density at radius 3 is 2.56 bits per heavy atom. The van der Waals surface area contributed by atoms with Gasteiger partial charge in [0.2, 0.25) is 0 Å². The van der Waals surface area contributed by atoms with Crippen molar-refractivity contribution < 1.29 is 4.74 Å². The van der Waals surface area contributed by atoms with Gasteiger partial charge in [0.25, 0.3) is 0 Å². The van der Waals surface area contributed by atoms with Gasteiger partial charge in [-0.2, -0.15) is 0 Å². The number of hydrogen-bond donors (Lipinski definition) is 0. The summed E-state index contributed by atoms with van der Waals surface area (Å²) in [7, 11) is 0. The van der Waals surface area contributed by atoms with Gasteiger partial charge < -0.3 is 4.74 Å². The number of hydrogen-bond acceptors (Lipinski definition) is 2. The third-order valence-electron chi connectivity index (χ3n) is 2.80. The minimum Gasteiger partial charge on any atom is -0.488 e. The predicted molar refractivity (Wildman–Crippen MR) is 81.4 cm³/mol. The summed E-state index contributed by atoms with van der Waals surface area (Å²) in [6.45, 7) is 2.85. The number of unbranched alkanes of at least 4 members (excludes halogenated alkanes) is 1. The van der Waals surface area contributed by atoms with Gasteiger partial charge in [-0.1, -0.05) is 25.5 Å². The molecule has 1 nitrogen and oxygen atoms in total. The SMILES string of the molecule is CCCCc1ccc(OCc2sccc2Br)cc1. The Balaban J connectivity index is 1.88. The first-order valence-corrected chi connectivity index (χ1v) is 7.90. The van der Waals surface area contributed by atoms with Crippen LogP contribution in [0.15, 0.2) is 40.2 Å². The molecule has 0 amide bonds. The first-order chi connectivity index (χ1) is 8.79. The van der Waals surface area contributed by atoms with E-state index in [-0.39, 0.29) is 0 Å². The molecule has 0 N–H and O–H groups in total. The van der Waals surface area contributed by atoms with Crippen LogP contribution in [0.25, 0.3) is 0 Å². The largest absolute Gasteiger partial charge is 0.488 e. The van der Waals surface area contributed by atoms with Gasteiger partial charge in [0.15, 0.2) is 0 Å². The minimum absolute atomic E-state index is 0.632. The van der Waals surface area contributed by atoms with Gasteiger partial charge in [0.05, 0.1) is 4.88 Å². The van der Waals surface area contributed by atoms with Crippen LogP contribution in [-0.2, 0) is 13.0 Å². The van der Waals surface area contributed by atoms with E-state index < -0.39 is 0 Å². The lowest BCUT2D eigenvalue weighted by Gasteiger charge is -2.06. The summed E-state index contributed by atoms with van der Waals surface area (Å²) in [5.41, 5.74) is 1.39. The highest BCUT2D eigenvalue weighted by molar-refractivity contribution is 9.10. The van der Waals surface area contributed by atoms with Crippen LogP contribution in [0.1, 0.15) is 30.2 Å². The molecule has 0 saturated heterocycles. The molecule has 1 aromatic heterocycles. The summed E-state index contributed by atoms with van der Waals surface area (Å²) in [6, 6.07) is 10.5. The standard InChI is InChI=1S/C15H17BrOS/c1-2-3-4-12-5-7-13(8-6-12)17-11-15-14(16)9-10-18-15/h5-10H,2-4,11H2,1H3. The predicted octanol–water partition coefficient (Wildman–Crippen LogP) is 5.43. The molecule has 0 saturated carbocycles. The zero-order valence-electron chi connectivity index (χ0n) is 10.5. The van der Waals surface area contributed by atoms with Crippen molar-refractivity contribution >= 4 is 27.3 Å². The van der Waals surface area contributed by atoms with Crippen molar-refractivity contribution in [3.63, 3.8) is 0 Å². The van der Waals surface area contributed by atoms with Crippen molar-refractivity contribution in [2.75, 3.05) is 0 Å². The van der Waals surface area contributed by atoms with E-state index in [4.69, 9.17) is 4.74 Å². The van der Waals surface area contributed by atoms with Crippen molar-refractivity contribution in [3.8, 4) is 5.75 Å². The summed E-state index contributed by atoms with van der Waals surface area (Å²) < 4.78 is 6.90. The van der Waals surface area contributed by atoms with E-state index in [1.165, 1.54) is 23.3 Å². The van der Waals surface area contributed by atoms with Crippen molar-refractivity contribution in [1.82, 2.24) is 0 Å². The van der Waals surface area contributed by atoms with Gasteiger partial charge >= 0.3 is 0 Å². The lowest BCUT2D eigenvalue weighted by atomic mass is 10.1. The van der Waals surface area contributed by atoms with Gasteiger partial charge in [0.1, 0.15) is 12.4 Å². The number of thiophene rings is 1. The molecule has 18 heavy (non-hydrogen) atoms. The van der Waals surface area contributed by atoms with Gasteiger partial charge in [0, 0.05) is 4.47 Å². The number of aryl methyl sites for hydroxylation is 1. The van der Waals surface area contributed by atoms with E-state index in [0.29, 0.717) is 6.61 Å². The molecule has 0 aliphatic rings. The topological polar surface area (TPSA) is 9.23 Å². The second-order valence-corrected chi connectivity index (χ2v) is 6.08. The zero-order valence-corrected chi connectivity index (χ0v) is 12.9. The smallest absolute Gasteiger partial charge is 0.124 e. The molecule has 3 heteroatoms. The van der Waals surface area contributed by atoms with E-state index in [1.54, 1.807) is 11.3 Å². The average molecular weight is 325 g/mol. The Kier molecular flexibility index (Phi) is 5.26. The Morgan fingerprint density at radius 1 is 1.17 bits per heavy atom. The molecule has 0 spiro atoms. The molecular weight excluding hydrogens is 308 g/mol. The van der Waals surface area contributed by atoms with Crippen LogP contribution in [0.5, 0.6) is 5.75 Å². The summed E-state index contributed by atoms with van der Waals surface area (Å²) in [5, 5.41) is 2.07. The maximum absolute atomic E-state index is 5.77. The highest BCUT2D eigenvalue weighted by atomic mass is 79.9. The fourth-order valence-electron chi connectivity index (χ4n) is 1.71. The fourth-order valence-corrected chi connectivity index (χ4v) is 3.09. The highest BCUT2D eigenvalue weighted by Gasteiger charge is 2.02. The zero-order chi connectivity index (χ0) is 12.8. The van der Waals surface area contributed by atoms with Gasteiger partial charge in [-0.05, 0) is 57.9 Å². The Bertz CT molecular complexity index is 475. The molecule has 2 rings (SSSR count). The third kappa shape index (κ3) is 3.85. The maximum atomic E-state index is 5.77. The fraction of sp³-hybridized carbons (Fsp3) is 0.333. The summed E-state index contributed by atoms with van der Waals surface area (Å²) in [4.78, 5) is 1.23. The number of rotatable bonds is 6. The highest BCUT2D eigenvalue weighted by Crippen LogP contribution is 2.24. The van der Waals surface area contributed by atoms with E-state index >= 15 is 0 Å². The minimum atomic E-state index is 0.632. The summed E-state index contributed by atoms with van der Waals surface area (Å²) in [5.74, 6) is 0.940. The molecule has 0 aliphatic heterocycles. The molecule has 0 bridgehead atoms. The van der Waals surface area contributed by atoms with Crippen LogP contribution < -0.4 is 4.74 Å². The van der Waals surface area contributed by atoms with Gasteiger partial charge in [-0.3, -0.25) is 0 Å². The van der Waals surface area contributed by atoms with Crippen LogP contribution in [-0.4, -0.2) is 0 Å². The Labute approximate surface area is 121 Å². The molecular formula is C15H17BrOS. The van der Waals surface area contributed by atoms with Crippen molar-refractivity contribution in [3.05, 3.63) is 50.6 Å². The van der Waals surface area contributed by atoms with E-state index in [9.17, 15) is 0 Å². The molecule has 1 aromatic carbocycles. The normalized spacial score (nSPS) is 10.6. The Hall–Kier alpha value is -0.800. The molecule has 0 atom stereocenters. The van der Waals surface area contributed by atoms with Crippen LogP contribution in [0.3, 0.4) is 0 Å². The molecule has 0 unspecified atom stereocenters. The summed E-state index contributed by atoms with van der Waals surface area (Å²) >= 11 is 5.22. The molecule has 0 fully saturated rings. The first-order valence-electron chi connectivity index (χ1n) is 6.23. The molecule has 0 aliphatic carbocycles. The number of benzene rings is 1. The van der Waals surface area contributed by atoms with Gasteiger partial charge in [-0.15, -0.1) is 11.3 Å². The molecule has 0 radical (unpaired) electrons. The lowest BCUT2D eigenvalue weighted by molar-refractivity contribution is 0.309. The van der Waals surface area contributed by atoms with E-state index in [0.717, 1.165) is 16.6 Å². The maximum Gasteiger partial charge on any atom is 0.124 e. The van der Waals surface area contributed by atoms with Crippen molar-refractivity contribution in [1.29, 1.82) is 0 Å². The second kappa shape index (κ2) is 6.95. The van der Waals surface area contributed by atoms with Crippen LogP contribution >= 0.6 is 27.3 Å². The summed E-state index contributed by atoms with van der Waals surface area (Å²) in [6.07, 6.45) is 3.65. The van der Waals surface area contributed by atoms with Crippen molar-refractivity contribution in [2.24, 2.45) is 0 Å². The molecule has 2 aromatic rings. The third-order valence-corrected chi connectivity index (χ3v) is 4.70. The van der Waals surface area contributed by atoms with E-state index in [1.807, 2.05) is 0 Å². The van der Waals surface area contributed by atoms with E-state index in [2.05, 4.69) is 58.6 Å². The lowest BCUT2D eigenvalue weighted by Crippen LogP contribution is -1.94. The van der Waals surface area contributed by atoms with Crippen LogP contribution in [0, 0.1) is 0 Å². The van der Waals surface area contributed by atoms with Crippen molar-refractivity contribution in [2.45, 2.75) is 32.8 Å².